The van der Waals surface area contributed by atoms with Crippen LogP contribution in [-0.4, -0.2) is 19.6 Å². The summed E-state index contributed by atoms with van der Waals surface area (Å²) in [6.45, 7) is 1.84. The topological polar surface area (TPSA) is 95.1 Å². The van der Waals surface area contributed by atoms with Gasteiger partial charge in [0.15, 0.2) is 18.1 Å². The van der Waals surface area contributed by atoms with Crippen LogP contribution >= 0.6 is 22.6 Å². The molecular weight excluding hydrogens is 457 g/mol. The number of nitriles is 2. The summed E-state index contributed by atoms with van der Waals surface area (Å²) >= 11 is 2.05. The van der Waals surface area contributed by atoms with E-state index in [0.717, 1.165) is 5.56 Å². The summed E-state index contributed by atoms with van der Waals surface area (Å²) in [6, 6.07) is 14.5. The van der Waals surface area contributed by atoms with E-state index in [1.807, 2.05) is 53.8 Å². The highest BCUT2D eigenvalue weighted by Gasteiger charge is 2.14. The summed E-state index contributed by atoms with van der Waals surface area (Å²) in [5.41, 5.74) is 2.25. The van der Waals surface area contributed by atoms with E-state index >= 15 is 0 Å². The Bertz CT molecular complexity index is 954. The fourth-order valence-electron chi connectivity index (χ4n) is 2.22. The fraction of sp³-hybridized carbons (Fsp3) is 0.150. The molecule has 1 N–H and O–H groups in total. The molecule has 1 amide bonds. The summed E-state index contributed by atoms with van der Waals surface area (Å²) in [7, 11) is 1.48. The summed E-state index contributed by atoms with van der Waals surface area (Å²) < 4.78 is 11.4. The summed E-state index contributed by atoms with van der Waals surface area (Å²) in [4.78, 5) is 12.4. The third kappa shape index (κ3) is 5.47. The maximum absolute atomic E-state index is 12.4. The van der Waals surface area contributed by atoms with Crippen molar-refractivity contribution < 1.29 is 14.3 Å². The van der Waals surface area contributed by atoms with Crippen molar-refractivity contribution in [2.45, 2.75) is 6.92 Å². The lowest BCUT2D eigenvalue weighted by Gasteiger charge is -2.12. The third-order valence-corrected chi connectivity index (χ3v) is 4.32. The lowest BCUT2D eigenvalue weighted by atomic mass is 10.1. The Labute approximate surface area is 171 Å². The van der Waals surface area contributed by atoms with Gasteiger partial charge < -0.3 is 14.8 Å². The molecule has 0 aliphatic carbocycles. The highest BCUT2D eigenvalue weighted by molar-refractivity contribution is 14.1. The van der Waals surface area contributed by atoms with Gasteiger partial charge in [0.05, 0.1) is 10.7 Å². The van der Waals surface area contributed by atoms with E-state index in [0.29, 0.717) is 26.3 Å². The fourth-order valence-corrected chi connectivity index (χ4v) is 3.00. The second-order valence-corrected chi connectivity index (χ2v) is 6.63. The first kappa shape index (κ1) is 20.3. The standard InChI is InChI=1S/C20H16IN3O3/c1-13-3-5-16(6-4-13)24-20(25)15(12-23)9-14-10-17(21)19(27-8-7-22)18(11-14)26-2/h3-6,9-11H,8H2,1-2H3,(H,24,25)/b15-9+. The maximum atomic E-state index is 12.4. The number of aryl methyl sites for hydroxylation is 1. The number of amides is 1. The molecule has 0 aliphatic heterocycles. The highest BCUT2D eigenvalue weighted by atomic mass is 127. The number of carbonyl (C=O) groups excluding carboxylic acids is 1. The number of nitrogens with one attached hydrogen (secondary N) is 1. The van der Waals surface area contributed by atoms with Crippen LogP contribution < -0.4 is 14.8 Å². The second kappa shape index (κ2) is 9.60. The number of ether oxygens (including phenoxy) is 2. The van der Waals surface area contributed by atoms with Gasteiger partial charge in [-0.05, 0) is 65.4 Å². The summed E-state index contributed by atoms with van der Waals surface area (Å²) in [6.07, 6.45) is 1.47. The van der Waals surface area contributed by atoms with Crippen molar-refractivity contribution in [3.8, 4) is 23.6 Å². The molecule has 0 saturated heterocycles. The van der Waals surface area contributed by atoms with Crippen LogP contribution in [0.5, 0.6) is 11.5 Å². The van der Waals surface area contributed by atoms with Crippen LogP contribution in [0.3, 0.4) is 0 Å². The van der Waals surface area contributed by atoms with E-state index in [1.54, 1.807) is 24.3 Å². The van der Waals surface area contributed by atoms with Gasteiger partial charge >= 0.3 is 0 Å². The Morgan fingerprint density at radius 2 is 1.96 bits per heavy atom. The van der Waals surface area contributed by atoms with Crippen LogP contribution in [0.4, 0.5) is 5.69 Å². The minimum absolute atomic E-state index is 0.0425. The Kier molecular flexibility index (Phi) is 7.21. The number of methoxy groups -OCH3 is 1. The molecule has 0 saturated carbocycles. The molecule has 0 atom stereocenters. The van der Waals surface area contributed by atoms with Crippen LogP contribution in [0.15, 0.2) is 42.0 Å². The molecule has 27 heavy (non-hydrogen) atoms. The lowest BCUT2D eigenvalue weighted by Crippen LogP contribution is -2.13. The highest BCUT2D eigenvalue weighted by Crippen LogP contribution is 2.34. The SMILES string of the molecule is COc1cc(/C=C(\C#N)C(=O)Nc2ccc(C)cc2)cc(I)c1OCC#N. The minimum Gasteiger partial charge on any atom is -0.493 e. The molecule has 0 aromatic heterocycles. The Hall–Kier alpha value is -3.04. The third-order valence-electron chi connectivity index (χ3n) is 3.52. The van der Waals surface area contributed by atoms with Crippen LogP contribution in [0.25, 0.3) is 6.08 Å². The van der Waals surface area contributed by atoms with Gasteiger partial charge in [0.25, 0.3) is 5.91 Å². The number of hydrogen-bond donors (Lipinski definition) is 1. The zero-order valence-electron chi connectivity index (χ0n) is 14.7. The average molecular weight is 473 g/mol. The molecule has 136 valence electrons. The molecule has 0 unspecified atom stereocenters. The van der Waals surface area contributed by atoms with E-state index in [2.05, 4.69) is 5.32 Å². The van der Waals surface area contributed by atoms with Crippen LogP contribution in [-0.2, 0) is 4.79 Å². The van der Waals surface area contributed by atoms with Gasteiger partial charge in [-0.1, -0.05) is 17.7 Å². The molecule has 0 fully saturated rings. The smallest absolute Gasteiger partial charge is 0.266 e. The zero-order valence-corrected chi connectivity index (χ0v) is 16.9. The van der Waals surface area contributed by atoms with E-state index in [4.69, 9.17) is 14.7 Å². The lowest BCUT2D eigenvalue weighted by molar-refractivity contribution is -0.112. The molecule has 7 heteroatoms. The number of halogens is 1. The zero-order chi connectivity index (χ0) is 19.8. The maximum Gasteiger partial charge on any atom is 0.266 e. The van der Waals surface area contributed by atoms with Crippen molar-refractivity contribution in [2.75, 3.05) is 19.0 Å². The number of hydrogen-bond acceptors (Lipinski definition) is 5. The van der Waals surface area contributed by atoms with Crippen molar-refractivity contribution in [3.05, 3.63) is 56.7 Å². The Balaban J connectivity index is 2.29. The van der Waals surface area contributed by atoms with Crippen molar-refractivity contribution in [1.29, 1.82) is 10.5 Å². The Morgan fingerprint density at radius 1 is 1.26 bits per heavy atom. The van der Waals surface area contributed by atoms with Gasteiger partial charge in [-0.25, -0.2) is 0 Å². The number of carbonyl (C=O) groups is 1. The van der Waals surface area contributed by atoms with Gasteiger partial charge in [-0.3, -0.25) is 4.79 Å². The van der Waals surface area contributed by atoms with Crippen LogP contribution in [0.1, 0.15) is 11.1 Å². The molecular formula is C20H16IN3O3. The van der Waals surface area contributed by atoms with Crippen molar-refractivity contribution >= 4 is 40.3 Å². The van der Waals surface area contributed by atoms with Gasteiger partial charge in [-0.15, -0.1) is 0 Å². The van der Waals surface area contributed by atoms with Crippen LogP contribution in [0.2, 0.25) is 0 Å². The molecule has 0 radical (unpaired) electrons. The molecule has 6 nitrogen and oxygen atoms in total. The van der Waals surface area contributed by atoms with E-state index in [9.17, 15) is 10.1 Å². The molecule has 2 rings (SSSR count). The van der Waals surface area contributed by atoms with Gasteiger partial charge in [0, 0.05) is 5.69 Å². The predicted octanol–water partition coefficient (Wildman–Crippen LogP) is 4.06. The van der Waals surface area contributed by atoms with Gasteiger partial charge in [-0.2, -0.15) is 10.5 Å². The Morgan fingerprint density at radius 3 is 2.56 bits per heavy atom. The number of benzene rings is 2. The first-order chi connectivity index (χ1) is 13.0. The van der Waals surface area contributed by atoms with Crippen LogP contribution in [0, 0.1) is 33.2 Å². The predicted molar refractivity (Wildman–Crippen MR) is 110 cm³/mol. The molecule has 2 aromatic carbocycles. The average Bonchev–Trinajstić information content (AvgIpc) is 2.66. The molecule has 0 aliphatic rings. The quantitative estimate of drug-likeness (QED) is 0.388. The van der Waals surface area contributed by atoms with E-state index < -0.39 is 5.91 Å². The molecule has 2 aromatic rings. The van der Waals surface area contributed by atoms with Crippen molar-refractivity contribution in [1.82, 2.24) is 0 Å². The molecule has 0 spiro atoms. The monoisotopic (exact) mass is 473 g/mol. The second-order valence-electron chi connectivity index (χ2n) is 5.47. The normalized spacial score (nSPS) is 10.5. The number of anilines is 1. The van der Waals surface area contributed by atoms with E-state index in [1.165, 1.54) is 13.2 Å². The van der Waals surface area contributed by atoms with Crippen molar-refractivity contribution in [2.24, 2.45) is 0 Å². The van der Waals surface area contributed by atoms with Gasteiger partial charge in [0.1, 0.15) is 17.7 Å². The van der Waals surface area contributed by atoms with E-state index in [-0.39, 0.29) is 12.2 Å². The summed E-state index contributed by atoms with van der Waals surface area (Å²) in [5.74, 6) is 0.360. The molecule has 0 heterocycles. The number of nitrogens with zero attached hydrogens (tertiary/aromatic N) is 2. The first-order valence-corrected chi connectivity index (χ1v) is 8.93. The summed E-state index contributed by atoms with van der Waals surface area (Å²) in [5, 5.41) is 20.7. The van der Waals surface area contributed by atoms with Gasteiger partial charge in [0.2, 0.25) is 0 Å². The largest absolute Gasteiger partial charge is 0.493 e. The molecule has 0 bridgehead atoms. The number of rotatable bonds is 6. The first-order valence-electron chi connectivity index (χ1n) is 7.85. The minimum atomic E-state index is -0.500. The van der Waals surface area contributed by atoms with Crippen molar-refractivity contribution in [3.63, 3.8) is 0 Å².